The fraction of sp³-hybridized carbons (Fsp3) is 0.625. The summed E-state index contributed by atoms with van der Waals surface area (Å²) in [6.45, 7) is 8.36. The van der Waals surface area contributed by atoms with Crippen LogP contribution in [0, 0.1) is 0 Å². The molecule has 0 aromatic heterocycles. The summed E-state index contributed by atoms with van der Waals surface area (Å²) >= 11 is 0. The molecule has 0 aliphatic carbocycles. The van der Waals surface area contributed by atoms with Crippen molar-refractivity contribution >= 4 is 0 Å². The van der Waals surface area contributed by atoms with Gasteiger partial charge in [-0.25, -0.2) is 0 Å². The molecule has 1 aromatic carbocycles. The summed E-state index contributed by atoms with van der Waals surface area (Å²) in [5.74, 6) is 1.53. The molecular formula is C16H28N2O. The van der Waals surface area contributed by atoms with Crippen LogP contribution in [-0.2, 0) is 6.42 Å². The van der Waals surface area contributed by atoms with E-state index in [1.807, 2.05) is 6.92 Å². The van der Waals surface area contributed by atoms with E-state index >= 15 is 0 Å². The van der Waals surface area contributed by atoms with Crippen molar-refractivity contribution < 1.29 is 4.74 Å². The maximum atomic E-state index is 5.81. The lowest BCUT2D eigenvalue weighted by Crippen LogP contribution is -2.34. The third-order valence-corrected chi connectivity index (χ3v) is 3.34. The summed E-state index contributed by atoms with van der Waals surface area (Å²) in [6, 6.07) is 6.77. The number of nitrogens with two attached hydrogens (primary N) is 1. The first-order valence-corrected chi connectivity index (χ1v) is 7.05. The maximum Gasteiger partial charge on any atom is 0.122 e. The van der Waals surface area contributed by atoms with Crippen LogP contribution in [0.2, 0.25) is 0 Å². The molecule has 0 saturated heterocycles. The van der Waals surface area contributed by atoms with Gasteiger partial charge in [0.1, 0.15) is 5.75 Å². The van der Waals surface area contributed by atoms with Crippen molar-refractivity contribution in [1.82, 2.24) is 4.90 Å². The molecule has 1 unspecified atom stereocenters. The van der Waals surface area contributed by atoms with Crippen molar-refractivity contribution in [3.63, 3.8) is 0 Å². The highest BCUT2D eigenvalue weighted by atomic mass is 16.5. The van der Waals surface area contributed by atoms with Crippen LogP contribution in [0.15, 0.2) is 18.2 Å². The van der Waals surface area contributed by atoms with E-state index in [0.29, 0.717) is 5.92 Å². The first-order valence-electron chi connectivity index (χ1n) is 7.05. The molecule has 1 aromatic rings. The molecule has 0 radical (unpaired) electrons. The zero-order chi connectivity index (χ0) is 14.4. The SMILES string of the molecule is COc1cc(C(C)C)ccc1CCN(C)CC(C)N. The lowest BCUT2D eigenvalue weighted by atomic mass is 9.99. The van der Waals surface area contributed by atoms with E-state index in [-0.39, 0.29) is 6.04 Å². The van der Waals surface area contributed by atoms with Crippen LogP contribution in [0.1, 0.15) is 37.8 Å². The molecule has 1 rings (SSSR count). The van der Waals surface area contributed by atoms with Gasteiger partial charge in [0.15, 0.2) is 0 Å². The van der Waals surface area contributed by atoms with Crippen LogP contribution in [0.25, 0.3) is 0 Å². The van der Waals surface area contributed by atoms with Crippen molar-refractivity contribution in [2.24, 2.45) is 5.73 Å². The van der Waals surface area contributed by atoms with Gasteiger partial charge in [0.05, 0.1) is 7.11 Å². The lowest BCUT2D eigenvalue weighted by molar-refractivity contribution is 0.318. The summed E-state index contributed by atoms with van der Waals surface area (Å²) < 4.78 is 5.51. The summed E-state index contributed by atoms with van der Waals surface area (Å²) in [5, 5.41) is 0. The molecule has 108 valence electrons. The van der Waals surface area contributed by atoms with Gasteiger partial charge in [-0.1, -0.05) is 26.0 Å². The third-order valence-electron chi connectivity index (χ3n) is 3.34. The number of rotatable bonds is 7. The molecule has 0 aliphatic heterocycles. The monoisotopic (exact) mass is 264 g/mol. The Bertz CT molecular complexity index is 388. The second-order valence-electron chi connectivity index (χ2n) is 5.72. The molecule has 3 nitrogen and oxygen atoms in total. The Hall–Kier alpha value is -1.06. The number of benzene rings is 1. The zero-order valence-electron chi connectivity index (χ0n) is 12.9. The van der Waals surface area contributed by atoms with Gasteiger partial charge >= 0.3 is 0 Å². The number of methoxy groups -OCH3 is 1. The van der Waals surface area contributed by atoms with Crippen LogP contribution in [-0.4, -0.2) is 38.2 Å². The highest BCUT2D eigenvalue weighted by Gasteiger charge is 2.08. The number of hydrogen-bond acceptors (Lipinski definition) is 3. The molecule has 0 saturated carbocycles. The molecule has 19 heavy (non-hydrogen) atoms. The number of hydrogen-bond donors (Lipinski definition) is 1. The summed E-state index contributed by atoms with van der Waals surface area (Å²) in [4.78, 5) is 2.26. The van der Waals surface area contributed by atoms with Crippen LogP contribution in [0.5, 0.6) is 5.75 Å². The van der Waals surface area contributed by atoms with E-state index in [2.05, 4.69) is 44.0 Å². The number of nitrogens with zero attached hydrogens (tertiary/aromatic N) is 1. The van der Waals surface area contributed by atoms with Gasteiger partial charge in [-0.05, 0) is 43.5 Å². The van der Waals surface area contributed by atoms with E-state index in [9.17, 15) is 0 Å². The molecule has 0 bridgehead atoms. The topological polar surface area (TPSA) is 38.5 Å². The van der Waals surface area contributed by atoms with E-state index in [1.165, 1.54) is 11.1 Å². The molecule has 0 spiro atoms. The molecule has 3 heteroatoms. The van der Waals surface area contributed by atoms with Gasteiger partial charge in [0.2, 0.25) is 0 Å². The van der Waals surface area contributed by atoms with Crippen molar-refractivity contribution in [2.75, 3.05) is 27.2 Å². The van der Waals surface area contributed by atoms with E-state index < -0.39 is 0 Å². The summed E-state index contributed by atoms with van der Waals surface area (Å²) in [6.07, 6.45) is 0.991. The highest BCUT2D eigenvalue weighted by molar-refractivity contribution is 5.38. The van der Waals surface area contributed by atoms with Crippen LogP contribution in [0.4, 0.5) is 0 Å². The zero-order valence-corrected chi connectivity index (χ0v) is 12.9. The van der Waals surface area contributed by atoms with Crippen LogP contribution in [0.3, 0.4) is 0 Å². The molecule has 0 aliphatic rings. The average Bonchev–Trinajstić information content (AvgIpc) is 2.35. The summed E-state index contributed by atoms with van der Waals surface area (Å²) in [7, 11) is 3.85. The van der Waals surface area contributed by atoms with Crippen molar-refractivity contribution in [2.45, 2.75) is 39.2 Å². The Morgan fingerprint density at radius 2 is 1.95 bits per heavy atom. The maximum absolute atomic E-state index is 5.81. The van der Waals surface area contributed by atoms with Crippen LogP contribution < -0.4 is 10.5 Å². The van der Waals surface area contributed by atoms with Crippen LogP contribution >= 0.6 is 0 Å². The first-order chi connectivity index (χ1) is 8.93. The molecule has 0 heterocycles. The molecule has 2 N–H and O–H groups in total. The van der Waals surface area contributed by atoms with Crippen molar-refractivity contribution in [3.05, 3.63) is 29.3 Å². The quantitative estimate of drug-likeness (QED) is 0.823. The Morgan fingerprint density at radius 3 is 2.47 bits per heavy atom. The second kappa shape index (κ2) is 7.51. The van der Waals surface area contributed by atoms with Gasteiger partial charge in [0.25, 0.3) is 0 Å². The first kappa shape index (κ1) is 16.0. The fourth-order valence-electron chi connectivity index (χ4n) is 2.22. The molecule has 1 atom stereocenters. The second-order valence-corrected chi connectivity index (χ2v) is 5.72. The molecular weight excluding hydrogens is 236 g/mol. The fourth-order valence-corrected chi connectivity index (χ4v) is 2.22. The van der Waals surface area contributed by atoms with Gasteiger partial charge in [0, 0.05) is 19.1 Å². The van der Waals surface area contributed by atoms with Gasteiger partial charge < -0.3 is 15.4 Å². The minimum Gasteiger partial charge on any atom is -0.496 e. The number of likely N-dealkylation sites (N-methyl/N-ethyl adjacent to an activating group) is 1. The molecule has 0 amide bonds. The Labute approximate surface area is 117 Å². The average molecular weight is 264 g/mol. The Kier molecular flexibility index (Phi) is 6.32. The van der Waals surface area contributed by atoms with Crippen molar-refractivity contribution in [1.29, 1.82) is 0 Å². The van der Waals surface area contributed by atoms with Gasteiger partial charge in [-0.3, -0.25) is 0 Å². The van der Waals surface area contributed by atoms with Crippen molar-refractivity contribution in [3.8, 4) is 5.75 Å². The van der Waals surface area contributed by atoms with E-state index in [1.54, 1.807) is 7.11 Å². The van der Waals surface area contributed by atoms with E-state index in [0.717, 1.165) is 25.3 Å². The standard InChI is InChI=1S/C16H28N2O/c1-12(2)15-7-6-14(16(10-15)19-5)8-9-18(4)11-13(3)17/h6-7,10,12-13H,8-9,11,17H2,1-5H3. The highest BCUT2D eigenvalue weighted by Crippen LogP contribution is 2.25. The Balaban J connectivity index is 2.67. The minimum atomic E-state index is 0.218. The van der Waals surface area contributed by atoms with E-state index in [4.69, 9.17) is 10.5 Å². The van der Waals surface area contributed by atoms with Gasteiger partial charge in [-0.2, -0.15) is 0 Å². The smallest absolute Gasteiger partial charge is 0.122 e. The molecule has 0 fully saturated rings. The summed E-state index contributed by atoms with van der Waals surface area (Å²) in [5.41, 5.74) is 8.40. The lowest BCUT2D eigenvalue weighted by Gasteiger charge is -2.20. The predicted molar refractivity (Wildman–Crippen MR) is 81.9 cm³/mol. The Morgan fingerprint density at radius 1 is 1.26 bits per heavy atom. The normalized spacial score (nSPS) is 13.1. The minimum absolute atomic E-state index is 0.218. The predicted octanol–water partition coefficient (Wildman–Crippen LogP) is 2.64. The largest absolute Gasteiger partial charge is 0.496 e. The third kappa shape index (κ3) is 5.21. The van der Waals surface area contributed by atoms with Gasteiger partial charge in [-0.15, -0.1) is 0 Å². The number of ether oxygens (including phenoxy) is 1.